The van der Waals surface area contributed by atoms with Crippen LogP contribution in [0.4, 0.5) is 0 Å². The summed E-state index contributed by atoms with van der Waals surface area (Å²) in [6.45, 7) is 0.803. The molecule has 0 aromatic carbocycles. The van der Waals surface area contributed by atoms with E-state index in [1.807, 2.05) is 12.1 Å². The highest BCUT2D eigenvalue weighted by molar-refractivity contribution is 5.71. The standard InChI is InChI=1S/C11H13NO2/c13-8-9-4-3-5-10(12-9)11-6-1-2-7-14-11/h3-5,8,11H,1-2,6-7H2. The van der Waals surface area contributed by atoms with E-state index in [0.717, 1.165) is 31.4 Å². The lowest BCUT2D eigenvalue weighted by Gasteiger charge is -2.21. The van der Waals surface area contributed by atoms with E-state index >= 15 is 0 Å². The van der Waals surface area contributed by atoms with Crippen LogP contribution >= 0.6 is 0 Å². The average molecular weight is 191 g/mol. The first-order valence-corrected chi connectivity index (χ1v) is 4.94. The summed E-state index contributed by atoms with van der Waals surface area (Å²) >= 11 is 0. The van der Waals surface area contributed by atoms with Gasteiger partial charge in [0, 0.05) is 6.61 Å². The van der Waals surface area contributed by atoms with E-state index in [-0.39, 0.29) is 6.10 Å². The number of nitrogens with zero attached hydrogens (tertiary/aromatic N) is 1. The minimum atomic E-state index is 0.0867. The molecule has 2 heterocycles. The summed E-state index contributed by atoms with van der Waals surface area (Å²) in [5, 5.41) is 0. The summed E-state index contributed by atoms with van der Waals surface area (Å²) in [5.41, 5.74) is 1.37. The highest BCUT2D eigenvalue weighted by Gasteiger charge is 2.17. The zero-order chi connectivity index (χ0) is 9.80. The molecular weight excluding hydrogens is 178 g/mol. The van der Waals surface area contributed by atoms with Crippen LogP contribution in [-0.2, 0) is 4.74 Å². The number of rotatable bonds is 2. The fourth-order valence-corrected chi connectivity index (χ4v) is 1.69. The summed E-state index contributed by atoms with van der Waals surface area (Å²) in [6, 6.07) is 5.48. The number of ether oxygens (including phenoxy) is 1. The highest BCUT2D eigenvalue weighted by Crippen LogP contribution is 2.26. The molecule has 74 valence electrons. The Balaban J connectivity index is 2.17. The van der Waals surface area contributed by atoms with Gasteiger partial charge in [0.05, 0.1) is 11.8 Å². The zero-order valence-corrected chi connectivity index (χ0v) is 7.98. The van der Waals surface area contributed by atoms with Crippen LogP contribution < -0.4 is 0 Å². The van der Waals surface area contributed by atoms with Gasteiger partial charge in [0.25, 0.3) is 0 Å². The van der Waals surface area contributed by atoms with Gasteiger partial charge < -0.3 is 4.74 Å². The van der Waals surface area contributed by atoms with Gasteiger partial charge in [-0.15, -0.1) is 0 Å². The monoisotopic (exact) mass is 191 g/mol. The Labute approximate surface area is 83.1 Å². The first-order valence-electron chi connectivity index (χ1n) is 4.94. The van der Waals surface area contributed by atoms with Crippen molar-refractivity contribution in [3.8, 4) is 0 Å². The van der Waals surface area contributed by atoms with Crippen molar-refractivity contribution in [2.75, 3.05) is 6.61 Å². The molecule has 3 heteroatoms. The smallest absolute Gasteiger partial charge is 0.168 e. The third-order valence-electron chi connectivity index (χ3n) is 2.42. The maximum Gasteiger partial charge on any atom is 0.168 e. The molecule has 1 fully saturated rings. The number of hydrogen-bond donors (Lipinski definition) is 0. The van der Waals surface area contributed by atoms with Crippen LogP contribution in [0.5, 0.6) is 0 Å². The van der Waals surface area contributed by atoms with Crippen LogP contribution in [0.3, 0.4) is 0 Å². The summed E-state index contributed by atoms with van der Waals surface area (Å²) in [6.07, 6.45) is 4.17. The molecule has 1 aromatic heterocycles. The lowest BCUT2D eigenvalue weighted by Crippen LogP contribution is -2.13. The van der Waals surface area contributed by atoms with Crippen LogP contribution in [0, 0.1) is 0 Å². The second-order valence-corrected chi connectivity index (χ2v) is 3.46. The van der Waals surface area contributed by atoms with Gasteiger partial charge in [0.2, 0.25) is 0 Å². The summed E-state index contributed by atoms with van der Waals surface area (Å²) < 4.78 is 5.59. The van der Waals surface area contributed by atoms with Gasteiger partial charge in [0.15, 0.2) is 6.29 Å². The van der Waals surface area contributed by atoms with Crippen molar-refractivity contribution in [2.45, 2.75) is 25.4 Å². The molecule has 1 saturated heterocycles. The van der Waals surface area contributed by atoms with Crippen LogP contribution in [0.25, 0.3) is 0 Å². The molecule has 2 rings (SSSR count). The second-order valence-electron chi connectivity index (χ2n) is 3.46. The van der Waals surface area contributed by atoms with Gasteiger partial charge in [-0.1, -0.05) is 6.07 Å². The summed E-state index contributed by atoms with van der Waals surface area (Å²) in [7, 11) is 0. The van der Waals surface area contributed by atoms with Gasteiger partial charge >= 0.3 is 0 Å². The molecule has 1 unspecified atom stereocenters. The normalized spacial score (nSPS) is 21.9. The molecule has 0 N–H and O–H groups in total. The van der Waals surface area contributed by atoms with Crippen LogP contribution in [-0.4, -0.2) is 17.9 Å². The number of aromatic nitrogens is 1. The second kappa shape index (κ2) is 4.33. The van der Waals surface area contributed by atoms with E-state index in [9.17, 15) is 4.79 Å². The third kappa shape index (κ3) is 1.99. The van der Waals surface area contributed by atoms with E-state index in [1.165, 1.54) is 6.42 Å². The number of aldehydes is 1. The molecule has 0 saturated carbocycles. The third-order valence-corrected chi connectivity index (χ3v) is 2.42. The molecule has 14 heavy (non-hydrogen) atoms. The van der Waals surface area contributed by atoms with Gasteiger partial charge in [-0.2, -0.15) is 0 Å². The van der Waals surface area contributed by atoms with E-state index in [0.29, 0.717) is 5.69 Å². The molecule has 0 radical (unpaired) electrons. The zero-order valence-electron chi connectivity index (χ0n) is 7.98. The maximum atomic E-state index is 10.5. The van der Waals surface area contributed by atoms with Gasteiger partial charge in [-0.25, -0.2) is 4.98 Å². The highest BCUT2D eigenvalue weighted by atomic mass is 16.5. The van der Waals surface area contributed by atoms with Crippen LogP contribution in [0.2, 0.25) is 0 Å². The molecule has 1 aliphatic heterocycles. The molecule has 0 aliphatic carbocycles. The van der Waals surface area contributed by atoms with Crippen molar-refractivity contribution in [3.63, 3.8) is 0 Å². The SMILES string of the molecule is O=Cc1cccc(C2CCCCO2)n1. The van der Waals surface area contributed by atoms with Crippen molar-refractivity contribution in [3.05, 3.63) is 29.6 Å². The molecule has 0 amide bonds. The van der Waals surface area contributed by atoms with Gasteiger partial charge in [-0.3, -0.25) is 4.79 Å². The molecule has 1 atom stereocenters. The number of carbonyl (C=O) groups is 1. The summed E-state index contributed by atoms with van der Waals surface area (Å²) in [4.78, 5) is 14.8. The fraction of sp³-hybridized carbons (Fsp3) is 0.455. The Hall–Kier alpha value is -1.22. The van der Waals surface area contributed by atoms with Crippen molar-refractivity contribution in [2.24, 2.45) is 0 Å². The molecular formula is C11H13NO2. The lowest BCUT2D eigenvalue weighted by molar-refractivity contribution is 0.0123. The van der Waals surface area contributed by atoms with E-state index in [1.54, 1.807) is 6.07 Å². The Morgan fingerprint density at radius 3 is 3.07 bits per heavy atom. The number of pyridine rings is 1. The van der Waals surface area contributed by atoms with E-state index < -0.39 is 0 Å². The lowest BCUT2D eigenvalue weighted by atomic mass is 10.1. The Bertz CT molecular complexity index is 319. The van der Waals surface area contributed by atoms with Crippen molar-refractivity contribution < 1.29 is 9.53 Å². The van der Waals surface area contributed by atoms with Gasteiger partial charge in [-0.05, 0) is 31.4 Å². The molecule has 0 bridgehead atoms. The first kappa shape index (κ1) is 9.34. The van der Waals surface area contributed by atoms with Crippen LogP contribution in [0.1, 0.15) is 41.5 Å². The quantitative estimate of drug-likeness (QED) is 0.672. The number of carbonyl (C=O) groups excluding carboxylic acids is 1. The van der Waals surface area contributed by atoms with E-state index in [2.05, 4.69) is 4.98 Å². The average Bonchev–Trinajstić information content (AvgIpc) is 2.30. The molecule has 1 aliphatic rings. The first-order chi connectivity index (χ1) is 6.90. The maximum absolute atomic E-state index is 10.5. The van der Waals surface area contributed by atoms with E-state index in [4.69, 9.17) is 4.74 Å². The Morgan fingerprint density at radius 1 is 1.43 bits per heavy atom. The molecule has 1 aromatic rings. The summed E-state index contributed by atoms with van der Waals surface area (Å²) in [5.74, 6) is 0. The molecule has 3 nitrogen and oxygen atoms in total. The number of hydrogen-bond acceptors (Lipinski definition) is 3. The predicted octanol–water partition coefficient (Wildman–Crippen LogP) is 2.14. The predicted molar refractivity (Wildman–Crippen MR) is 52.2 cm³/mol. The topological polar surface area (TPSA) is 39.2 Å². The van der Waals surface area contributed by atoms with Gasteiger partial charge in [0.1, 0.15) is 5.69 Å². The Morgan fingerprint density at radius 2 is 2.36 bits per heavy atom. The van der Waals surface area contributed by atoms with Crippen molar-refractivity contribution in [1.29, 1.82) is 0 Å². The minimum absolute atomic E-state index is 0.0867. The van der Waals surface area contributed by atoms with Crippen molar-refractivity contribution >= 4 is 6.29 Å². The van der Waals surface area contributed by atoms with Crippen molar-refractivity contribution in [1.82, 2.24) is 4.98 Å². The minimum Gasteiger partial charge on any atom is -0.372 e. The largest absolute Gasteiger partial charge is 0.372 e. The fourth-order valence-electron chi connectivity index (χ4n) is 1.69. The molecule has 0 spiro atoms. The Kier molecular flexibility index (Phi) is 2.89. The van der Waals surface area contributed by atoms with Crippen LogP contribution in [0.15, 0.2) is 18.2 Å².